The second kappa shape index (κ2) is 6.01. The first-order chi connectivity index (χ1) is 11.0. The number of nitrogens with zero attached hydrogens (tertiary/aromatic N) is 4. The molecule has 0 unspecified atom stereocenters. The predicted molar refractivity (Wildman–Crippen MR) is 79.9 cm³/mol. The lowest BCUT2D eigenvalue weighted by atomic mass is 10.3. The average molecular weight is 318 g/mol. The number of carbonyl (C=O) groups is 1. The minimum Gasteiger partial charge on any atom is -0.375 e. The van der Waals surface area contributed by atoms with Gasteiger partial charge in [0.05, 0.1) is 12.7 Å². The Hall–Kier alpha value is -2.40. The molecule has 0 bridgehead atoms. The van der Waals surface area contributed by atoms with Crippen LogP contribution in [0.5, 0.6) is 0 Å². The molecule has 2 aliphatic rings. The molecule has 1 atom stereocenters. The van der Waals surface area contributed by atoms with Crippen LogP contribution in [0.3, 0.4) is 0 Å². The number of nitriles is 1. The standard InChI is InChI=1S/C15H18N4O4/c1-10-7-17(4-5-23-10)13(20)9-19-14(21)11(6-16)8-18(15(19)22)12-2-3-12/h8,10,12H,2-5,7,9H2,1H3/t10-/m1/s1. The van der Waals surface area contributed by atoms with Gasteiger partial charge in [0.2, 0.25) is 5.91 Å². The van der Waals surface area contributed by atoms with E-state index in [4.69, 9.17) is 10.00 Å². The highest BCUT2D eigenvalue weighted by atomic mass is 16.5. The fourth-order valence-electron chi connectivity index (χ4n) is 2.73. The van der Waals surface area contributed by atoms with Crippen LogP contribution in [0.15, 0.2) is 15.8 Å². The fourth-order valence-corrected chi connectivity index (χ4v) is 2.73. The number of amides is 1. The molecular weight excluding hydrogens is 300 g/mol. The summed E-state index contributed by atoms with van der Waals surface area (Å²) in [6.45, 7) is 2.83. The monoisotopic (exact) mass is 318 g/mol. The van der Waals surface area contributed by atoms with Crippen molar-refractivity contribution in [3.8, 4) is 6.07 Å². The summed E-state index contributed by atoms with van der Waals surface area (Å²) >= 11 is 0. The molecule has 3 rings (SSSR count). The van der Waals surface area contributed by atoms with Crippen LogP contribution in [0.4, 0.5) is 0 Å². The summed E-state index contributed by atoms with van der Waals surface area (Å²) in [7, 11) is 0. The smallest absolute Gasteiger partial charge is 0.331 e. The van der Waals surface area contributed by atoms with Gasteiger partial charge in [0.15, 0.2) is 0 Å². The Kier molecular flexibility index (Phi) is 4.05. The number of morpholine rings is 1. The number of ether oxygens (including phenoxy) is 1. The quantitative estimate of drug-likeness (QED) is 0.746. The molecule has 1 amide bonds. The van der Waals surface area contributed by atoms with Crippen molar-refractivity contribution in [2.75, 3.05) is 19.7 Å². The molecule has 0 N–H and O–H groups in total. The average Bonchev–Trinajstić information content (AvgIpc) is 3.36. The summed E-state index contributed by atoms with van der Waals surface area (Å²) < 4.78 is 7.65. The first kappa shape index (κ1) is 15.5. The Morgan fingerprint density at radius 1 is 1.43 bits per heavy atom. The number of rotatable bonds is 3. The van der Waals surface area contributed by atoms with Gasteiger partial charge in [0, 0.05) is 25.3 Å². The Balaban J connectivity index is 1.91. The van der Waals surface area contributed by atoms with Crippen LogP contribution in [-0.4, -0.2) is 45.7 Å². The molecule has 0 radical (unpaired) electrons. The van der Waals surface area contributed by atoms with Crippen LogP contribution in [0.1, 0.15) is 31.4 Å². The van der Waals surface area contributed by atoms with Crippen molar-refractivity contribution < 1.29 is 9.53 Å². The Labute approximate surface area is 132 Å². The molecule has 1 aliphatic carbocycles. The molecule has 23 heavy (non-hydrogen) atoms. The van der Waals surface area contributed by atoms with Crippen LogP contribution in [0, 0.1) is 11.3 Å². The van der Waals surface area contributed by atoms with Crippen LogP contribution in [-0.2, 0) is 16.1 Å². The highest BCUT2D eigenvalue weighted by Gasteiger charge is 2.28. The van der Waals surface area contributed by atoms with Crippen molar-refractivity contribution in [2.24, 2.45) is 0 Å². The van der Waals surface area contributed by atoms with Gasteiger partial charge in [-0.15, -0.1) is 0 Å². The zero-order valence-corrected chi connectivity index (χ0v) is 12.9. The minimum atomic E-state index is -0.705. The number of hydrogen-bond acceptors (Lipinski definition) is 5. The molecule has 122 valence electrons. The van der Waals surface area contributed by atoms with E-state index in [9.17, 15) is 14.4 Å². The molecule has 8 heteroatoms. The molecule has 1 aliphatic heterocycles. The highest BCUT2D eigenvalue weighted by molar-refractivity contribution is 5.76. The lowest BCUT2D eigenvalue weighted by Gasteiger charge is -2.31. The van der Waals surface area contributed by atoms with E-state index in [2.05, 4.69) is 0 Å². The summed E-state index contributed by atoms with van der Waals surface area (Å²) in [4.78, 5) is 38.7. The van der Waals surface area contributed by atoms with Crippen molar-refractivity contribution in [1.82, 2.24) is 14.0 Å². The van der Waals surface area contributed by atoms with Crippen LogP contribution >= 0.6 is 0 Å². The van der Waals surface area contributed by atoms with E-state index in [0.717, 1.165) is 17.4 Å². The van der Waals surface area contributed by atoms with Gasteiger partial charge in [0.25, 0.3) is 5.56 Å². The molecule has 1 saturated carbocycles. The SMILES string of the molecule is C[C@@H]1CN(C(=O)Cn2c(=O)c(C#N)cn(C3CC3)c2=O)CCO1. The molecule has 1 aromatic heterocycles. The largest absolute Gasteiger partial charge is 0.375 e. The normalized spacial score (nSPS) is 21.0. The maximum Gasteiger partial charge on any atom is 0.331 e. The van der Waals surface area contributed by atoms with Gasteiger partial charge in [-0.2, -0.15) is 5.26 Å². The van der Waals surface area contributed by atoms with Crippen molar-refractivity contribution in [3.05, 3.63) is 32.6 Å². The van der Waals surface area contributed by atoms with E-state index in [1.807, 2.05) is 13.0 Å². The molecule has 0 spiro atoms. The van der Waals surface area contributed by atoms with Gasteiger partial charge >= 0.3 is 5.69 Å². The zero-order valence-electron chi connectivity index (χ0n) is 12.9. The predicted octanol–water partition coefficient (Wildman–Crippen LogP) is -0.536. The number of carbonyl (C=O) groups excluding carboxylic acids is 1. The second-order valence-electron chi connectivity index (χ2n) is 5.99. The van der Waals surface area contributed by atoms with E-state index in [0.29, 0.717) is 19.7 Å². The van der Waals surface area contributed by atoms with Crippen LogP contribution in [0.2, 0.25) is 0 Å². The highest BCUT2D eigenvalue weighted by Crippen LogP contribution is 2.33. The molecule has 2 fully saturated rings. The van der Waals surface area contributed by atoms with Gasteiger partial charge in [0.1, 0.15) is 18.2 Å². The molecule has 1 saturated heterocycles. The summed E-state index contributed by atoms with van der Waals surface area (Å²) in [5, 5.41) is 9.09. The third-order valence-corrected chi connectivity index (χ3v) is 4.14. The van der Waals surface area contributed by atoms with E-state index >= 15 is 0 Å². The Morgan fingerprint density at radius 2 is 2.17 bits per heavy atom. The van der Waals surface area contributed by atoms with Crippen LogP contribution < -0.4 is 11.2 Å². The third kappa shape index (κ3) is 3.05. The maximum atomic E-state index is 12.4. The summed E-state index contributed by atoms with van der Waals surface area (Å²) in [6.07, 6.45) is 2.92. The van der Waals surface area contributed by atoms with Crippen molar-refractivity contribution in [2.45, 2.75) is 38.5 Å². The van der Waals surface area contributed by atoms with Gasteiger partial charge in [-0.05, 0) is 19.8 Å². The zero-order chi connectivity index (χ0) is 16.6. The minimum absolute atomic E-state index is 0.0277. The van der Waals surface area contributed by atoms with Crippen molar-refractivity contribution >= 4 is 5.91 Å². The first-order valence-corrected chi connectivity index (χ1v) is 7.66. The van der Waals surface area contributed by atoms with Gasteiger partial charge in [-0.3, -0.25) is 14.2 Å². The van der Waals surface area contributed by atoms with E-state index in [1.54, 1.807) is 4.90 Å². The van der Waals surface area contributed by atoms with E-state index in [-0.39, 0.29) is 30.2 Å². The summed E-state index contributed by atoms with van der Waals surface area (Å²) in [5.74, 6) is -0.309. The first-order valence-electron chi connectivity index (χ1n) is 7.66. The molecule has 0 aromatic carbocycles. The van der Waals surface area contributed by atoms with Gasteiger partial charge < -0.3 is 9.64 Å². The molecule has 2 heterocycles. The Morgan fingerprint density at radius 3 is 2.78 bits per heavy atom. The van der Waals surface area contributed by atoms with Crippen molar-refractivity contribution in [3.63, 3.8) is 0 Å². The third-order valence-electron chi connectivity index (χ3n) is 4.14. The Bertz CT molecular complexity index is 784. The molecular formula is C15H18N4O4. The lowest BCUT2D eigenvalue weighted by molar-refractivity contribution is -0.138. The lowest BCUT2D eigenvalue weighted by Crippen LogP contribution is -2.49. The van der Waals surface area contributed by atoms with Crippen molar-refractivity contribution in [1.29, 1.82) is 5.26 Å². The van der Waals surface area contributed by atoms with Gasteiger partial charge in [-0.25, -0.2) is 9.36 Å². The summed E-state index contributed by atoms with van der Waals surface area (Å²) in [6, 6.07) is 1.84. The molecule has 1 aromatic rings. The molecule has 8 nitrogen and oxygen atoms in total. The van der Waals surface area contributed by atoms with E-state index in [1.165, 1.54) is 10.8 Å². The maximum absolute atomic E-state index is 12.4. The van der Waals surface area contributed by atoms with Crippen LogP contribution in [0.25, 0.3) is 0 Å². The number of aromatic nitrogens is 2. The van der Waals surface area contributed by atoms with E-state index < -0.39 is 11.2 Å². The fraction of sp³-hybridized carbons (Fsp3) is 0.600. The second-order valence-corrected chi connectivity index (χ2v) is 5.99. The summed E-state index contributed by atoms with van der Waals surface area (Å²) in [5.41, 5.74) is -1.34. The topological polar surface area (TPSA) is 97.3 Å². The number of hydrogen-bond donors (Lipinski definition) is 0. The van der Waals surface area contributed by atoms with Gasteiger partial charge in [-0.1, -0.05) is 0 Å².